The van der Waals surface area contributed by atoms with Gasteiger partial charge in [0.1, 0.15) is 15.9 Å². The number of halogens is 1. The van der Waals surface area contributed by atoms with Gasteiger partial charge >= 0.3 is 11.9 Å². The first-order valence-corrected chi connectivity index (χ1v) is 8.09. The first kappa shape index (κ1) is 15.7. The standard InChI is InChI=1S/C13H7BrN2O6S/c14-9-10(17)15-8(5-23-11(9)15)13(19)22-12(18)6-1-3-7(4-2-6)16(20)21/h1-5,9,11H/t9-,11+/m0/s1. The molecule has 0 radical (unpaired) electrons. The molecule has 0 unspecified atom stereocenters. The van der Waals surface area contributed by atoms with Crippen molar-refractivity contribution < 1.29 is 24.0 Å². The Morgan fingerprint density at radius 1 is 1.26 bits per heavy atom. The van der Waals surface area contributed by atoms with Crippen molar-refractivity contribution in [3.05, 3.63) is 51.0 Å². The van der Waals surface area contributed by atoms with E-state index in [1.807, 2.05) is 0 Å². The maximum absolute atomic E-state index is 12.0. The predicted octanol–water partition coefficient (Wildman–Crippen LogP) is 1.80. The molecule has 0 aliphatic carbocycles. The van der Waals surface area contributed by atoms with Gasteiger partial charge in [-0.3, -0.25) is 19.8 Å². The van der Waals surface area contributed by atoms with Crippen LogP contribution in [0, 0.1) is 10.1 Å². The molecule has 0 aromatic heterocycles. The molecule has 23 heavy (non-hydrogen) atoms. The van der Waals surface area contributed by atoms with Gasteiger partial charge in [-0.05, 0) is 12.1 Å². The van der Waals surface area contributed by atoms with Gasteiger partial charge in [0.2, 0.25) is 5.91 Å². The summed E-state index contributed by atoms with van der Waals surface area (Å²) in [6, 6.07) is 4.65. The molecule has 1 amide bonds. The van der Waals surface area contributed by atoms with E-state index in [9.17, 15) is 24.5 Å². The molecule has 2 heterocycles. The fraction of sp³-hybridized carbons (Fsp3) is 0.154. The maximum atomic E-state index is 12.0. The smallest absolute Gasteiger partial charge is 0.363 e. The molecular weight excluding hydrogens is 392 g/mol. The first-order valence-electron chi connectivity index (χ1n) is 6.24. The third-order valence-electron chi connectivity index (χ3n) is 3.27. The highest BCUT2D eigenvalue weighted by atomic mass is 79.9. The summed E-state index contributed by atoms with van der Waals surface area (Å²) >= 11 is 4.47. The molecule has 2 aliphatic rings. The molecule has 2 atom stereocenters. The molecule has 118 valence electrons. The molecule has 1 saturated heterocycles. The summed E-state index contributed by atoms with van der Waals surface area (Å²) in [5.74, 6) is -2.15. The number of ether oxygens (including phenoxy) is 1. The number of amides is 1. The number of thioether (sulfide) groups is 1. The van der Waals surface area contributed by atoms with E-state index in [-0.39, 0.29) is 33.1 Å². The third-order valence-corrected chi connectivity index (χ3v) is 5.63. The number of carbonyl (C=O) groups excluding carboxylic acids is 3. The summed E-state index contributed by atoms with van der Waals surface area (Å²) in [4.78, 5) is 46.4. The zero-order valence-electron chi connectivity index (χ0n) is 11.2. The number of β-lactam (4-membered cyclic amide) rings is 1. The Bertz CT molecular complexity index is 762. The van der Waals surface area contributed by atoms with Gasteiger partial charge in [0.15, 0.2) is 0 Å². The van der Waals surface area contributed by atoms with Crippen molar-refractivity contribution in [3.63, 3.8) is 0 Å². The lowest BCUT2D eigenvalue weighted by Crippen LogP contribution is -2.58. The number of carbonyl (C=O) groups is 3. The van der Waals surface area contributed by atoms with E-state index in [2.05, 4.69) is 15.9 Å². The van der Waals surface area contributed by atoms with Gasteiger partial charge in [-0.25, -0.2) is 9.59 Å². The Kier molecular flexibility index (Phi) is 3.94. The molecule has 0 bridgehead atoms. The SMILES string of the molecule is O=C(OC(=O)c1ccc([N+](=O)[O-])cc1)C1=CS[C@@H]2[C@@H](Br)C(=O)N12. The lowest BCUT2D eigenvalue weighted by molar-refractivity contribution is -0.384. The molecule has 10 heteroatoms. The van der Waals surface area contributed by atoms with Gasteiger partial charge in [-0.15, -0.1) is 11.8 Å². The summed E-state index contributed by atoms with van der Waals surface area (Å²) < 4.78 is 4.72. The van der Waals surface area contributed by atoms with Gasteiger partial charge in [0.05, 0.1) is 10.5 Å². The Hall–Kier alpha value is -2.20. The molecular formula is C13H7BrN2O6S. The van der Waals surface area contributed by atoms with Crippen molar-refractivity contribution in [2.24, 2.45) is 0 Å². The van der Waals surface area contributed by atoms with Crippen molar-refractivity contribution in [1.82, 2.24) is 4.90 Å². The summed E-state index contributed by atoms with van der Waals surface area (Å²) in [5, 5.41) is 11.8. The van der Waals surface area contributed by atoms with Crippen LogP contribution in [0.25, 0.3) is 0 Å². The third kappa shape index (κ3) is 2.63. The molecule has 1 aromatic carbocycles. The lowest BCUT2D eigenvalue weighted by Gasteiger charge is -2.39. The summed E-state index contributed by atoms with van der Waals surface area (Å²) in [6.07, 6.45) is 0. The van der Waals surface area contributed by atoms with Gasteiger partial charge in [0, 0.05) is 17.5 Å². The minimum absolute atomic E-state index is 0.0000500. The van der Waals surface area contributed by atoms with E-state index in [4.69, 9.17) is 4.74 Å². The van der Waals surface area contributed by atoms with E-state index >= 15 is 0 Å². The highest BCUT2D eigenvalue weighted by Crippen LogP contribution is 2.44. The average Bonchev–Trinajstić information content (AvgIpc) is 2.95. The summed E-state index contributed by atoms with van der Waals surface area (Å²) in [6.45, 7) is 0. The van der Waals surface area contributed by atoms with Crippen molar-refractivity contribution in [3.8, 4) is 0 Å². The molecule has 0 saturated carbocycles. The second-order valence-corrected chi connectivity index (χ2v) is 6.60. The molecule has 1 aromatic rings. The summed E-state index contributed by atoms with van der Waals surface area (Å²) in [5.41, 5.74) is -0.170. The van der Waals surface area contributed by atoms with Crippen LogP contribution in [-0.4, -0.2) is 37.9 Å². The fourth-order valence-electron chi connectivity index (χ4n) is 2.07. The first-order chi connectivity index (χ1) is 10.9. The Labute approximate surface area is 141 Å². The van der Waals surface area contributed by atoms with Gasteiger partial charge < -0.3 is 4.74 Å². The van der Waals surface area contributed by atoms with Gasteiger partial charge in [-0.2, -0.15) is 0 Å². The number of alkyl halides is 1. The van der Waals surface area contributed by atoms with E-state index in [1.54, 1.807) is 0 Å². The zero-order chi connectivity index (χ0) is 16.7. The number of nitrogens with zero attached hydrogens (tertiary/aromatic N) is 2. The molecule has 8 nitrogen and oxygen atoms in total. The van der Waals surface area contributed by atoms with Crippen LogP contribution in [0.1, 0.15) is 10.4 Å². The van der Waals surface area contributed by atoms with Crippen LogP contribution in [0.3, 0.4) is 0 Å². The van der Waals surface area contributed by atoms with Crippen molar-refractivity contribution in [2.75, 3.05) is 0 Å². The Balaban J connectivity index is 1.67. The number of benzene rings is 1. The van der Waals surface area contributed by atoms with Gasteiger partial charge in [-0.1, -0.05) is 15.9 Å². The van der Waals surface area contributed by atoms with Crippen LogP contribution in [0.15, 0.2) is 35.4 Å². The molecule has 1 fully saturated rings. The number of nitro groups is 1. The molecule has 0 N–H and O–H groups in total. The number of non-ortho nitro benzene ring substituents is 1. The maximum Gasteiger partial charge on any atom is 0.363 e. The largest absolute Gasteiger partial charge is 0.385 e. The number of esters is 2. The topological polar surface area (TPSA) is 107 Å². The summed E-state index contributed by atoms with van der Waals surface area (Å²) in [7, 11) is 0. The van der Waals surface area contributed by atoms with Crippen LogP contribution < -0.4 is 0 Å². The van der Waals surface area contributed by atoms with Crippen molar-refractivity contribution >= 4 is 51.2 Å². The monoisotopic (exact) mass is 398 g/mol. The number of hydrogen-bond acceptors (Lipinski definition) is 7. The van der Waals surface area contributed by atoms with Gasteiger partial charge in [0.25, 0.3) is 5.69 Å². The van der Waals surface area contributed by atoms with E-state index in [1.165, 1.54) is 34.2 Å². The van der Waals surface area contributed by atoms with Crippen molar-refractivity contribution in [1.29, 1.82) is 0 Å². The van der Waals surface area contributed by atoms with Crippen LogP contribution in [0.2, 0.25) is 0 Å². The number of hydrogen-bond donors (Lipinski definition) is 0. The quantitative estimate of drug-likeness (QED) is 0.191. The van der Waals surface area contributed by atoms with Crippen LogP contribution in [0.5, 0.6) is 0 Å². The molecule has 3 rings (SSSR count). The van der Waals surface area contributed by atoms with Crippen LogP contribution in [-0.2, 0) is 14.3 Å². The highest BCUT2D eigenvalue weighted by molar-refractivity contribution is 9.10. The minimum atomic E-state index is -0.942. The predicted molar refractivity (Wildman–Crippen MR) is 82.5 cm³/mol. The second kappa shape index (κ2) is 5.78. The van der Waals surface area contributed by atoms with E-state index in [0.717, 1.165) is 12.1 Å². The van der Waals surface area contributed by atoms with E-state index in [0.29, 0.717) is 0 Å². The highest BCUT2D eigenvalue weighted by Gasteiger charge is 2.52. The van der Waals surface area contributed by atoms with Crippen LogP contribution in [0.4, 0.5) is 5.69 Å². The second-order valence-electron chi connectivity index (χ2n) is 4.62. The number of rotatable bonds is 3. The molecule has 0 spiro atoms. The van der Waals surface area contributed by atoms with E-state index < -0.39 is 16.9 Å². The van der Waals surface area contributed by atoms with Crippen LogP contribution >= 0.6 is 27.7 Å². The van der Waals surface area contributed by atoms with Crippen molar-refractivity contribution in [2.45, 2.75) is 10.2 Å². The number of nitro benzene ring substituents is 1. The normalized spacial score (nSPS) is 22.0. The Morgan fingerprint density at radius 2 is 1.91 bits per heavy atom. The number of fused-ring (bicyclic) bond motifs is 1. The lowest BCUT2D eigenvalue weighted by atomic mass is 10.2. The minimum Gasteiger partial charge on any atom is -0.385 e. The fourth-order valence-corrected chi connectivity index (χ4v) is 3.97. The zero-order valence-corrected chi connectivity index (χ0v) is 13.6. The average molecular weight is 399 g/mol. The Morgan fingerprint density at radius 3 is 2.52 bits per heavy atom. The molecule has 2 aliphatic heterocycles.